The summed E-state index contributed by atoms with van der Waals surface area (Å²) in [6.07, 6.45) is 6.74. The molecule has 3 atom stereocenters. The van der Waals surface area contributed by atoms with E-state index in [0.29, 0.717) is 54.9 Å². The molecule has 5 heterocycles. The van der Waals surface area contributed by atoms with E-state index in [1.54, 1.807) is 9.80 Å². The number of carbonyl (C=O) groups excluding carboxylic acids is 3. The highest BCUT2D eigenvalue weighted by atomic mass is 32.1. The number of fused-ring (bicyclic) bond motifs is 2. The molecule has 1 aromatic carbocycles. The molecule has 3 fully saturated rings. The SMILES string of the molecule is N#Cc1cnc(C2CN(C(=O)[C@@H]3CC[C@@H]4CCCC[C@H](NC(=O)c5cc6cc(C(F)(F)P(=O)(O)O)ccc6s5)C(=O)N43)C2)nc1. The molecule has 45 heavy (non-hydrogen) atoms. The molecule has 6 rings (SSSR count). The second kappa shape index (κ2) is 11.8. The number of aromatic nitrogens is 2. The summed E-state index contributed by atoms with van der Waals surface area (Å²) in [5.41, 5.74) is -4.90. The molecule has 3 amide bonds. The van der Waals surface area contributed by atoms with Crippen molar-refractivity contribution in [3.8, 4) is 6.07 Å². The Morgan fingerprint density at radius 1 is 1.09 bits per heavy atom. The van der Waals surface area contributed by atoms with E-state index in [9.17, 15) is 27.7 Å². The van der Waals surface area contributed by atoms with E-state index in [1.807, 2.05) is 6.07 Å². The Hall–Kier alpha value is -3.83. The zero-order valence-electron chi connectivity index (χ0n) is 23.8. The lowest BCUT2D eigenvalue weighted by Crippen LogP contribution is -2.59. The van der Waals surface area contributed by atoms with Gasteiger partial charge in [0.2, 0.25) is 11.8 Å². The molecule has 0 radical (unpaired) electrons. The molecular formula is C29H29F2N6O6PS. The highest BCUT2D eigenvalue weighted by Gasteiger charge is 2.50. The van der Waals surface area contributed by atoms with Crippen LogP contribution in [0, 0.1) is 11.3 Å². The standard InChI is InChI=1S/C29H29F2N6O6PS/c30-29(31,44(41,42)43)19-5-8-23-17(9-19)10-24(45-23)26(38)35-21-4-2-1-3-20-6-7-22(37(20)27(21)39)28(40)36-14-18(15-36)25-33-12-16(11-32)13-34-25/h5,8-10,12-13,18,20-22H,1-4,6-7,14-15H2,(H,35,38)(H2,41,42,43)/t20-,21-,22-/m0/s1. The average Bonchev–Trinajstić information content (AvgIpc) is 3.60. The van der Waals surface area contributed by atoms with Crippen molar-refractivity contribution in [1.29, 1.82) is 5.26 Å². The molecule has 3 aliphatic heterocycles. The Morgan fingerprint density at radius 3 is 2.49 bits per heavy atom. The van der Waals surface area contributed by atoms with Crippen molar-refractivity contribution in [3.63, 3.8) is 0 Å². The molecule has 0 aliphatic carbocycles. The van der Waals surface area contributed by atoms with Crippen LogP contribution in [0.15, 0.2) is 36.7 Å². The molecule has 3 saturated heterocycles. The van der Waals surface area contributed by atoms with Crippen molar-refractivity contribution in [1.82, 2.24) is 25.1 Å². The normalized spacial score (nSPS) is 22.7. The van der Waals surface area contributed by atoms with E-state index in [4.69, 9.17) is 15.0 Å². The number of likely N-dealkylation sites (tertiary alicyclic amines) is 1. The summed E-state index contributed by atoms with van der Waals surface area (Å²) in [7, 11) is -5.76. The van der Waals surface area contributed by atoms with E-state index in [0.717, 1.165) is 36.3 Å². The first-order chi connectivity index (χ1) is 21.4. The monoisotopic (exact) mass is 658 g/mol. The third kappa shape index (κ3) is 5.83. The number of nitrogens with zero attached hydrogens (tertiary/aromatic N) is 5. The van der Waals surface area contributed by atoms with Crippen LogP contribution in [0.4, 0.5) is 8.78 Å². The predicted octanol–water partition coefficient (Wildman–Crippen LogP) is 3.45. The van der Waals surface area contributed by atoms with Crippen LogP contribution in [-0.4, -0.2) is 78.5 Å². The summed E-state index contributed by atoms with van der Waals surface area (Å²) < 4.78 is 40.3. The molecule has 3 aliphatic rings. The van der Waals surface area contributed by atoms with E-state index >= 15 is 0 Å². The number of nitriles is 1. The number of carbonyl (C=O) groups is 3. The maximum absolute atomic E-state index is 14.3. The zero-order chi connectivity index (χ0) is 32.1. The minimum Gasteiger partial charge on any atom is -0.340 e. The van der Waals surface area contributed by atoms with Gasteiger partial charge in [0.15, 0.2) is 0 Å². The zero-order valence-corrected chi connectivity index (χ0v) is 25.5. The van der Waals surface area contributed by atoms with Gasteiger partial charge in [-0.05, 0) is 49.3 Å². The molecule has 3 N–H and O–H groups in total. The van der Waals surface area contributed by atoms with Crippen molar-refractivity contribution >= 4 is 46.7 Å². The first kappa shape index (κ1) is 31.2. The Labute approximate surface area is 260 Å². The smallest absolute Gasteiger partial charge is 0.340 e. The first-order valence-corrected chi connectivity index (χ1v) is 16.9. The van der Waals surface area contributed by atoms with Crippen molar-refractivity contribution in [2.45, 2.75) is 68.2 Å². The number of thiophene rings is 1. The molecule has 2 aromatic heterocycles. The first-order valence-electron chi connectivity index (χ1n) is 14.5. The number of amides is 3. The van der Waals surface area contributed by atoms with Crippen LogP contribution in [0.25, 0.3) is 10.1 Å². The van der Waals surface area contributed by atoms with Gasteiger partial charge in [0, 0.05) is 41.8 Å². The third-order valence-electron chi connectivity index (χ3n) is 8.74. The summed E-state index contributed by atoms with van der Waals surface area (Å²) >= 11 is 1.01. The number of benzene rings is 1. The molecule has 0 saturated carbocycles. The van der Waals surface area contributed by atoms with Gasteiger partial charge in [-0.3, -0.25) is 18.9 Å². The number of hydrogen-bond acceptors (Lipinski definition) is 8. The lowest BCUT2D eigenvalue weighted by atomic mass is 9.97. The van der Waals surface area contributed by atoms with Crippen molar-refractivity contribution in [3.05, 3.63) is 58.5 Å². The number of halogens is 2. The van der Waals surface area contributed by atoms with E-state index in [1.165, 1.54) is 24.5 Å². The van der Waals surface area contributed by atoms with Crippen molar-refractivity contribution in [2.75, 3.05) is 13.1 Å². The Bertz CT molecular complexity index is 1750. The van der Waals surface area contributed by atoms with Crippen molar-refractivity contribution < 1.29 is 37.5 Å². The summed E-state index contributed by atoms with van der Waals surface area (Å²) in [6, 6.07) is 4.80. The summed E-state index contributed by atoms with van der Waals surface area (Å²) in [5, 5.41) is 12.0. The van der Waals surface area contributed by atoms with Crippen LogP contribution in [0.5, 0.6) is 0 Å². The molecule has 236 valence electrons. The summed E-state index contributed by atoms with van der Waals surface area (Å²) in [4.78, 5) is 70.9. The lowest BCUT2D eigenvalue weighted by molar-refractivity contribution is -0.149. The van der Waals surface area contributed by atoms with E-state index in [-0.39, 0.29) is 34.0 Å². The number of hydrogen-bond donors (Lipinski definition) is 3. The fraction of sp³-hybridized carbons (Fsp3) is 0.448. The van der Waals surface area contributed by atoms with Crippen LogP contribution in [-0.2, 0) is 19.8 Å². The van der Waals surface area contributed by atoms with Gasteiger partial charge in [-0.15, -0.1) is 11.3 Å². The van der Waals surface area contributed by atoms with Crippen LogP contribution >= 0.6 is 18.9 Å². The number of nitrogens with one attached hydrogen (secondary N) is 1. The van der Waals surface area contributed by atoms with Crippen LogP contribution in [0.1, 0.15) is 71.1 Å². The van der Waals surface area contributed by atoms with Gasteiger partial charge in [-0.2, -0.15) is 14.0 Å². The van der Waals surface area contributed by atoms with E-state index < -0.39 is 36.8 Å². The lowest BCUT2D eigenvalue weighted by Gasteiger charge is -2.42. The van der Waals surface area contributed by atoms with Gasteiger partial charge < -0.3 is 24.9 Å². The second-order valence-corrected chi connectivity index (χ2v) is 14.4. The highest BCUT2D eigenvalue weighted by molar-refractivity contribution is 7.52. The van der Waals surface area contributed by atoms with Gasteiger partial charge in [-0.25, -0.2) is 9.97 Å². The van der Waals surface area contributed by atoms with Gasteiger partial charge in [0.1, 0.15) is 24.0 Å². The number of rotatable bonds is 6. The van der Waals surface area contributed by atoms with E-state index in [2.05, 4.69) is 15.3 Å². The molecular weight excluding hydrogens is 629 g/mol. The predicted molar refractivity (Wildman–Crippen MR) is 157 cm³/mol. The Morgan fingerprint density at radius 2 is 1.80 bits per heavy atom. The van der Waals surface area contributed by atoms with Crippen molar-refractivity contribution in [2.24, 2.45) is 0 Å². The molecule has 12 nitrogen and oxygen atoms in total. The molecule has 0 bridgehead atoms. The van der Waals surface area contributed by atoms with Gasteiger partial charge in [0.25, 0.3) is 5.91 Å². The Kier molecular flexibility index (Phi) is 8.19. The van der Waals surface area contributed by atoms with Crippen LogP contribution in [0.2, 0.25) is 0 Å². The Balaban J connectivity index is 1.15. The van der Waals surface area contributed by atoms with Gasteiger partial charge in [0.05, 0.1) is 16.4 Å². The largest absolute Gasteiger partial charge is 0.399 e. The molecule has 3 aromatic rings. The summed E-state index contributed by atoms with van der Waals surface area (Å²) in [6.45, 7) is 0.809. The molecule has 0 unspecified atom stereocenters. The fourth-order valence-electron chi connectivity index (χ4n) is 6.29. The maximum Gasteiger partial charge on any atom is 0.399 e. The minimum atomic E-state index is -5.76. The highest BCUT2D eigenvalue weighted by Crippen LogP contribution is 2.59. The molecule has 16 heteroatoms. The minimum absolute atomic E-state index is 0.0608. The number of alkyl halides is 2. The second-order valence-electron chi connectivity index (χ2n) is 11.6. The average molecular weight is 659 g/mol. The van der Waals surface area contributed by atoms with Crippen LogP contribution < -0.4 is 5.32 Å². The quantitative estimate of drug-likeness (QED) is 0.335. The topological polar surface area (TPSA) is 177 Å². The van der Waals surface area contributed by atoms with Gasteiger partial charge >= 0.3 is 13.3 Å². The maximum atomic E-state index is 14.3. The van der Waals surface area contributed by atoms with Gasteiger partial charge in [-0.1, -0.05) is 18.9 Å². The summed E-state index contributed by atoms with van der Waals surface area (Å²) in [5.74, 6) is -0.574. The van der Waals surface area contributed by atoms with Crippen LogP contribution in [0.3, 0.4) is 0 Å². The molecule has 0 spiro atoms. The third-order valence-corrected chi connectivity index (χ3v) is 10.8. The fourth-order valence-corrected chi connectivity index (χ4v) is 7.71.